The van der Waals surface area contributed by atoms with Gasteiger partial charge < -0.3 is 20.3 Å². The third-order valence-electron chi connectivity index (χ3n) is 6.09. The van der Waals surface area contributed by atoms with Crippen molar-refractivity contribution < 1.29 is 23.6 Å². The van der Waals surface area contributed by atoms with E-state index in [2.05, 4.69) is 15.5 Å². The van der Waals surface area contributed by atoms with E-state index in [1.165, 1.54) is 0 Å². The van der Waals surface area contributed by atoms with Crippen LogP contribution in [0.3, 0.4) is 0 Å². The zero-order valence-corrected chi connectivity index (χ0v) is 24.3. The first-order valence-corrected chi connectivity index (χ1v) is 13.8. The lowest BCUT2D eigenvalue weighted by Gasteiger charge is -2.22. The molecule has 3 N–H and O–H groups in total. The van der Waals surface area contributed by atoms with Crippen LogP contribution < -0.4 is 11.1 Å². The SMILES string of the molecule is CC(C)(C)C(=O)NC(CCCCN)C(=O)c1noc(Cc2ccc(C(=O)OCCc3ccc(Cl)c(Cl)c3)cc2)n1. The molecular weight excluding hydrogens is 555 g/mol. The number of hydrogen-bond acceptors (Lipinski definition) is 8. The number of rotatable bonds is 13. The second kappa shape index (κ2) is 14.4. The molecule has 1 unspecified atom stereocenters. The molecule has 1 aromatic heterocycles. The smallest absolute Gasteiger partial charge is 0.338 e. The van der Waals surface area contributed by atoms with E-state index in [1.54, 1.807) is 57.2 Å². The standard InChI is InChI=1S/C29H34Cl2N4O5/c1-29(2,3)28(38)33-23(6-4-5-14-32)25(36)26-34-24(40-35-26)17-18-7-10-20(11-8-18)27(37)39-15-13-19-9-12-21(30)22(31)16-19/h7-12,16,23H,4-6,13-15,17,32H2,1-3H3,(H,33,38). The van der Waals surface area contributed by atoms with Crippen molar-refractivity contribution in [1.82, 2.24) is 15.5 Å². The van der Waals surface area contributed by atoms with E-state index in [9.17, 15) is 14.4 Å². The molecule has 2 aromatic carbocycles. The molecule has 9 nitrogen and oxygen atoms in total. The Bertz CT molecular complexity index is 1320. The molecule has 0 radical (unpaired) electrons. The van der Waals surface area contributed by atoms with Crippen LogP contribution in [0.2, 0.25) is 10.0 Å². The number of ether oxygens (including phenoxy) is 1. The van der Waals surface area contributed by atoms with Gasteiger partial charge >= 0.3 is 5.97 Å². The summed E-state index contributed by atoms with van der Waals surface area (Å²) >= 11 is 11.9. The van der Waals surface area contributed by atoms with Crippen LogP contribution in [-0.4, -0.2) is 47.0 Å². The van der Waals surface area contributed by atoms with E-state index in [0.717, 1.165) is 17.5 Å². The number of nitrogens with two attached hydrogens (primary N) is 1. The van der Waals surface area contributed by atoms with Gasteiger partial charge in [-0.15, -0.1) is 0 Å². The van der Waals surface area contributed by atoms with Crippen LogP contribution in [0.4, 0.5) is 0 Å². The fourth-order valence-electron chi connectivity index (χ4n) is 3.69. The number of carbonyl (C=O) groups is 3. The molecule has 0 aliphatic rings. The number of benzene rings is 2. The number of halogens is 2. The molecule has 1 heterocycles. The Morgan fingerprint density at radius 2 is 1.73 bits per heavy atom. The van der Waals surface area contributed by atoms with Crippen molar-refractivity contribution in [3.63, 3.8) is 0 Å². The van der Waals surface area contributed by atoms with Crippen molar-refractivity contribution in [3.8, 4) is 0 Å². The summed E-state index contributed by atoms with van der Waals surface area (Å²) in [5, 5.41) is 7.58. The largest absolute Gasteiger partial charge is 0.462 e. The van der Waals surface area contributed by atoms with E-state index < -0.39 is 23.2 Å². The maximum Gasteiger partial charge on any atom is 0.338 e. The minimum absolute atomic E-state index is 0.0934. The molecule has 0 aliphatic heterocycles. The quantitative estimate of drug-likeness (QED) is 0.158. The third-order valence-corrected chi connectivity index (χ3v) is 6.83. The molecule has 3 aromatic rings. The van der Waals surface area contributed by atoms with Crippen LogP contribution in [0.15, 0.2) is 47.0 Å². The highest BCUT2D eigenvalue weighted by Crippen LogP contribution is 2.23. The van der Waals surface area contributed by atoms with Gasteiger partial charge in [-0.1, -0.05) is 67.3 Å². The highest BCUT2D eigenvalue weighted by molar-refractivity contribution is 6.42. The van der Waals surface area contributed by atoms with Crippen LogP contribution in [0.5, 0.6) is 0 Å². The Kier molecular flexibility index (Phi) is 11.2. The van der Waals surface area contributed by atoms with E-state index in [0.29, 0.717) is 41.4 Å². The number of nitrogens with one attached hydrogen (secondary N) is 1. The predicted octanol–water partition coefficient (Wildman–Crippen LogP) is 5.21. The molecule has 3 rings (SSSR count). The Hall–Kier alpha value is -3.27. The molecule has 40 heavy (non-hydrogen) atoms. The summed E-state index contributed by atoms with van der Waals surface area (Å²) in [5.41, 5.74) is 7.04. The number of amides is 1. The van der Waals surface area contributed by atoms with E-state index in [1.807, 2.05) is 6.07 Å². The molecule has 11 heteroatoms. The number of esters is 1. The highest BCUT2D eigenvalue weighted by Gasteiger charge is 2.30. The van der Waals surface area contributed by atoms with E-state index >= 15 is 0 Å². The van der Waals surface area contributed by atoms with Gasteiger partial charge in [0.25, 0.3) is 0 Å². The van der Waals surface area contributed by atoms with Crippen LogP contribution in [0, 0.1) is 5.41 Å². The van der Waals surface area contributed by atoms with Gasteiger partial charge in [0.1, 0.15) is 0 Å². The molecule has 214 valence electrons. The summed E-state index contributed by atoms with van der Waals surface area (Å²) in [6.07, 6.45) is 2.60. The van der Waals surface area contributed by atoms with Gasteiger partial charge in [-0.3, -0.25) is 9.59 Å². The minimum Gasteiger partial charge on any atom is -0.462 e. The fourth-order valence-corrected chi connectivity index (χ4v) is 4.01. The van der Waals surface area contributed by atoms with Crippen LogP contribution in [-0.2, 0) is 22.4 Å². The average molecular weight is 590 g/mol. The summed E-state index contributed by atoms with van der Waals surface area (Å²) in [7, 11) is 0. The summed E-state index contributed by atoms with van der Waals surface area (Å²) < 4.78 is 10.7. The number of unbranched alkanes of at least 4 members (excludes halogenated alkanes) is 1. The number of aromatic nitrogens is 2. The van der Waals surface area contributed by atoms with Crippen LogP contribution in [0.25, 0.3) is 0 Å². The maximum atomic E-state index is 13.1. The van der Waals surface area contributed by atoms with Gasteiger partial charge in [0.05, 0.1) is 34.7 Å². The number of nitrogens with zero attached hydrogens (tertiary/aromatic N) is 2. The van der Waals surface area contributed by atoms with Gasteiger partial charge in [0, 0.05) is 11.8 Å². The van der Waals surface area contributed by atoms with Crippen molar-refractivity contribution in [2.24, 2.45) is 11.1 Å². The first-order chi connectivity index (χ1) is 19.0. The van der Waals surface area contributed by atoms with Crippen molar-refractivity contribution in [3.05, 3.63) is 80.9 Å². The molecule has 0 saturated heterocycles. The fraction of sp³-hybridized carbons (Fsp3) is 0.414. The van der Waals surface area contributed by atoms with Gasteiger partial charge in [-0.2, -0.15) is 4.98 Å². The lowest BCUT2D eigenvalue weighted by Crippen LogP contribution is -2.46. The molecule has 0 aliphatic carbocycles. The monoisotopic (exact) mass is 588 g/mol. The summed E-state index contributed by atoms with van der Waals surface area (Å²) in [5.74, 6) is -0.957. The molecule has 0 bridgehead atoms. The Balaban J connectivity index is 1.57. The lowest BCUT2D eigenvalue weighted by atomic mass is 9.94. The van der Waals surface area contributed by atoms with E-state index in [-0.39, 0.29) is 30.7 Å². The van der Waals surface area contributed by atoms with Gasteiger partial charge in [-0.25, -0.2) is 4.79 Å². The van der Waals surface area contributed by atoms with Gasteiger partial charge in [0.2, 0.25) is 23.4 Å². The van der Waals surface area contributed by atoms with Crippen molar-refractivity contribution in [2.75, 3.05) is 13.2 Å². The summed E-state index contributed by atoms with van der Waals surface area (Å²) in [4.78, 5) is 42.3. The van der Waals surface area contributed by atoms with Crippen molar-refractivity contribution in [2.45, 2.75) is 58.9 Å². The maximum absolute atomic E-state index is 13.1. The van der Waals surface area contributed by atoms with Crippen LogP contribution >= 0.6 is 23.2 Å². The Labute approximate surface area is 243 Å². The zero-order chi connectivity index (χ0) is 29.3. The Morgan fingerprint density at radius 1 is 1.02 bits per heavy atom. The molecule has 0 fully saturated rings. The second-order valence-corrected chi connectivity index (χ2v) is 11.3. The van der Waals surface area contributed by atoms with E-state index in [4.69, 9.17) is 38.2 Å². The number of hydrogen-bond donors (Lipinski definition) is 2. The van der Waals surface area contributed by atoms with Crippen molar-refractivity contribution >= 4 is 40.9 Å². The topological polar surface area (TPSA) is 137 Å². The Morgan fingerprint density at radius 3 is 2.38 bits per heavy atom. The first kappa shape index (κ1) is 31.3. The average Bonchev–Trinajstić information content (AvgIpc) is 3.38. The second-order valence-electron chi connectivity index (χ2n) is 10.4. The number of carbonyl (C=O) groups excluding carboxylic acids is 3. The van der Waals surface area contributed by atoms with Crippen LogP contribution in [0.1, 0.15) is 78.0 Å². The highest BCUT2D eigenvalue weighted by atomic mass is 35.5. The van der Waals surface area contributed by atoms with Crippen molar-refractivity contribution in [1.29, 1.82) is 0 Å². The zero-order valence-electron chi connectivity index (χ0n) is 22.8. The molecular formula is C29H34Cl2N4O5. The summed E-state index contributed by atoms with van der Waals surface area (Å²) in [6, 6.07) is 11.3. The summed E-state index contributed by atoms with van der Waals surface area (Å²) in [6.45, 7) is 6.02. The minimum atomic E-state index is -0.773. The lowest BCUT2D eigenvalue weighted by molar-refractivity contribution is -0.129. The first-order valence-electron chi connectivity index (χ1n) is 13.1. The number of ketones is 1. The normalized spacial score (nSPS) is 12.2. The molecule has 1 amide bonds. The molecule has 0 saturated carbocycles. The van der Waals surface area contributed by atoms with Gasteiger partial charge in [-0.05, 0) is 61.2 Å². The predicted molar refractivity (Wildman–Crippen MR) is 153 cm³/mol. The van der Waals surface area contributed by atoms with Gasteiger partial charge in [0.15, 0.2) is 0 Å². The number of Topliss-reactive ketones (excluding diaryl/α,β-unsaturated/α-hetero) is 1. The third kappa shape index (κ3) is 9.15. The molecule has 0 spiro atoms. The molecule has 1 atom stereocenters.